The number of rotatable bonds is 8. The maximum absolute atomic E-state index is 13.9. The van der Waals surface area contributed by atoms with E-state index in [0.717, 1.165) is 31.2 Å². The summed E-state index contributed by atoms with van der Waals surface area (Å²) in [5.74, 6) is -0.0639. The maximum atomic E-state index is 13.9. The molecule has 7 nitrogen and oxygen atoms in total. The fourth-order valence-electron chi connectivity index (χ4n) is 5.46. The Labute approximate surface area is 208 Å². The molecule has 2 amide bonds. The van der Waals surface area contributed by atoms with E-state index in [9.17, 15) is 18.0 Å². The Morgan fingerprint density at radius 3 is 2.06 bits per heavy atom. The summed E-state index contributed by atoms with van der Waals surface area (Å²) >= 11 is 0. The van der Waals surface area contributed by atoms with Gasteiger partial charge in [-0.1, -0.05) is 63.1 Å². The fraction of sp³-hybridized carbons (Fsp3) is 0.481. The molecule has 8 heteroatoms. The number of carbonyl (C=O) groups is 2. The molecule has 0 radical (unpaired) electrons. The van der Waals surface area contributed by atoms with Crippen LogP contribution < -0.4 is 5.32 Å². The molecule has 0 saturated carbocycles. The fourth-order valence-corrected chi connectivity index (χ4v) is 6.36. The number of carbonyl (C=O) groups excluding carboxylic acids is 2. The van der Waals surface area contributed by atoms with Crippen LogP contribution in [0.2, 0.25) is 0 Å². The Morgan fingerprint density at radius 1 is 0.971 bits per heavy atom. The number of amides is 2. The van der Waals surface area contributed by atoms with Gasteiger partial charge in [0.05, 0.1) is 4.90 Å². The van der Waals surface area contributed by atoms with Gasteiger partial charge in [-0.2, -0.15) is 0 Å². The molecule has 2 aromatic rings. The first-order valence-electron chi connectivity index (χ1n) is 12.4. The largest absolute Gasteiger partial charge is 0.342 e. The van der Waals surface area contributed by atoms with Gasteiger partial charge in [0, 0.05) is 20.6 Å². The minimum Gasteiger partial charge on any atom is -0.342 e. The van der Waals surface area contributed by atoms with Gasteiger partial charge in [0.15, 0.2) is 0 Å². The highest BCUT2D eigenvalue weighted by Gasteiger charge is 2.46. The van der Waals surface area contributed by atoms with Crippen molar-refractivity contribution in [2.75, 3.05) is 14.1 Å². The highest BCUT2D eigenvalue weighted by Crippen LogP contribution is 2.33. The van der Waals surface area contributed by atoms with Gasteiger partial charge in [0.2, 0.25) is 21.8 Å². The van der Waals surface area contributed by atoms with Gasteiger partial charge in [-0.25, -0.2) is 12.7 Å². The molecule has 35 heavy (non-hydrogen) atoms. The lowest BCUT2D eigenvalue weighted by atomic mass is 9.86. The van der Waals surface area contributed by atoms with Crippen molar-refractivity contribution in [1.82, 2.24) is 14.5 Å². The average molecular weight is 498 g/mol. The van der Waals surface area contributed by atoms with Crippen LogP contribution in [0.5, 0.6) is 0 Å². The van der Waals surface area contributed by atoms with E-state index in [1.165, 1.54) is 29.5 Å². The molecule has 2 aromatic carbocycles. The smallest absolute Gasteiger partial charge is 0.246 e. The van der Waals surface area contributed by atoms with Crippen LogP contribution in [0.1, 0.15) is 43.4 Å². The lowest BCUT2D eigenvalue weighted by Crippen LogP contribution is -2.66. The molecule has 1 saturated heterocycles. The molecule has 1 N–H and O–H groups in total. The monoisotopic (exact) mass is 497 g/mol. The van der Waals surface area contributed by atoms with E-state index in [0.29, 0.717) is 0 Å². The molecule has 0 unspecified atom stereocenters. The highest BCUT2D eigenvalue weighted by molar-refractivity contribution is 7.89. The Morgan fingerprint density at radius 2 is 1.54 bits per heavy atom. The molecular formula is C27H35N3O4S. The van der Waals surface area contributed by atoms with Gasteiger partial charge in [-0.3, -0.25) is 9.59 Å². The molecule has 1 aliphatic carbocycles. The average Bonchev–Trinajstić information content (AvgIpc) is 3.27. The SMILES string of the molecule is CCC(CC)[C@@H]1C(=O)N[C@H](C2Cc3ccccc3C2)C(=O)N1Cc1ccc(S(=O)(=O)N(C)C)cc1. The van der Waals surface area contributed by atoms with Crippen molar-refractivity contribution in [2.45, 2.75) is 63.1 Å². The summed E-state index contributed by atoms with van der Waals surface area (Å²) < 4.78 is 26.1. The Hall–Kier alpha value is -2.71. The molecule has 1 heterocycles. The predicted molar refractivity (Wildman–Crippen MR) is 135 cm³/mol. The van der Waals surface area contributed by atoms with Crippen molar-refractivity contribution < 1.29 is 18.0 Å². The summed E-state index contributed by atoms with van der Waals surface area (Å²) in [6.45, 7) is 4.36. The zero-order valence-corrected chi connectivity index (χ0v) is 21.7. The Bertz CT molecular complexity index is 1160. The third kappa shape index (κ3) is 4.86. The van der Waals surface area contributed by atoms with Crippen molar-refractivity contribution in [2.24, 2.45) is 11.8 Å². The number of fused-ring (bicyclic) bond motifs is 1. The third-order valence-electron chi connectivity index (χ3n) is 7.56. The summed E-state index contributed by atoms with van der Waals surface area (Å²) in [5.41, 5.74) is 3.28. The lowest BCUT2D eigenvalue weighted by Gasteiger charge is -2.43. The van der Waals surface area contributed by atoms with Gasteiger partial charge in [0.25, 0.3) is 0 Å². The van der Waals surface area contributed by atoms with Crippen molar-refractivity contribution in [3.05, 3.63) is 65.2 Å². The summed E-state index contributed by atoms with van der Waals surface area (Å²) in [7, 11) is -0.544. The summed E-state index contributed by atoms with van der Waals surface area (Å²) in [6, 6.07) is 13.7. The molecule has 0 spiro atoms. The second-order valence-corrected chi connectivity index (χ2v) is 12.0. The van der Waals surface area contributed by atoms with Crippen LogP contribution >= 0.6 is 0 Å². The number of hydrogen-bond donors (Lipinski definition) is 1. The Kier molecular flexibility index (Phi) is 7.33. The van der Waals surface area contributed by atoms with Crippen LogP contribution in [-0.2, 0) is 39.0 Å². The van der Waals surface area contributed by atoms with Crippen LogP contribution in [0.3, 0.4) is 0 Å². The quantitative estimate of drug-likeness (QED) is 0.608. The first kappa shape index (κ1) is 25.4. The van der Waals surface area contributed by atoms with Crippen LogP contribution in [0.15, 0.2) is 53.4 Å². The molecule has 0 bridgehead atoms. The van der Waals surface area contributed by atoms with E-state index >= 15 is 0 Å². The first-order chi connectivity index (χ1) is 16.7. The number of sulfonamides is 1. The van der Waals surface area contributed by atoms with Gasteiger partial charge >= 0.3 is 0 Å². The van der Waals surface area contributed by atoms with Crippen molar-refractivity contribution in [3.8, 4) is 0 Å². The van der Waals surface area contributed by atoms with Crippen LogP contribution in [0.4, 0.5) is 0 Å². The second kappa shape index (κ2) is 10.1. The van der Waals surface area contributed by atoms with E-state index in [4.69, 9.17) is 0 Å². The summed E-state index contributed by atoms with van der Waals surface area (Å²) in [6.07, 6.45) is 3.12. The topological polar surface area (TPSA) is 86.8 Å². The van der Waals surface area contributed by atoms with E-state index < -0.39 is 22.1 Å². The van der Waals surface area contributed by atoms with E-state index in [2.05, 4.69) is 17.4 Å². The number of hydrogen-bond acceptors (Lipinski definition) is 4. The Balaban J connectivity index is 1.62. The predicted octanol–water partition coefficient (Wildman–Crippen LogP) is 2.98. The highest BCUT2D eigenvalue weighted by atomic mass is 32.2. The number of piperazine rings is 1. The number of nitrogens with zero attached hydrogens (tertiary/aromatic N) is 2. The summed E-state index contributed by atoms with van der Waals surface area (Å²) in [4.78, 5) is 29.2. The third-order valence-corrected chi connectivity index (χ3v) is 9.38. The lowest BCUT2D eigenvalue weighted by molar-refractivity contribution is -0.154. The molecule has 1 fully saturated rings. The summed E-state index contributed by atoms with van der Waals surface area (Å²) in [5, 5.41) is 3.08. The van der Waals surface area contributed by atoms with Gasteiger partial charge < -0.3 is 10.2 Å². The van der Waals surface area contributed by atoms with Crippen molar-refractivity contribution >= 4 is 21.8 Å². The molecule has 2 atom stereocenters. The van der Waals surface area contributed by atoms with Crippen LogP contribution in [0.25, 0.3) is 0 Å². The van der Waals surface area contributed by atoms with Crippen molar-refractivity contribution in [3.63, 3.8) is 0 Å². The zero-order valence-electron chi connectivity index (χ0n) is 20.9. The van der Waals surface area contributed by atoms with E-state index in [1.54, 1.807) is 29.2 Å². The first-order valence-corrected chi connectivity index (χ1v) is 13.8. The van der Waals surface area contributed by atoms with Gasteiger partial charge in [-0.15, -0.1) is 0 Å². The van der Waals surface area contributed by atoms with E-state index in [1.807, 2.05) is 26.0 Å². The molecule has 2 aliphatic rings. The normalized spacial score (nSPS) is 21.0. The van der Waals surface area contributed by atoms with Crippen LogP contribution in [-0.4, -0.2) is 55.6 Å². The standard InChI is InChI=1S/C27H35N3O4S/c1-5-19(6-2)25-26(31)28-24(22-15-20-9-7-8-10-21(20)16-22)27(32)30(25)17-18-11-13-23(14-12-18)35(33,34)29(3)4/h7-14,19,22,24-25H,5-6,15-17H2,1-4H3,(H,28,31)/t24-,25-/m1/s1. The second-order valence-electron chi connectivity index (χ2n) is 9.84. The number of nitrogens with one attached hydrogen (secondary N) is 1. The van der Waals surface area contributed by atoms with Crippen molar-refractivity contribution in [1.29, 1.82) is 0 Å². The zero-order chi connectivity index (χ0) is 25.3. The maximum Gasteiger partial charge on any atom is 0.246 e. The molecule has 188 valence electrons. The van der Waals surface area contributed by atoms with Gasteiger partial charge in [-0.05, 0) is 53.5 Å². The minimum atomic E-state index is -3.54. The minimum absolute atomic E-state index is 0.0293. The molecule has 1 aliphatic heterocycles. The van der Waals surface area contributed by atoms with Crippen LogP contribution in [0, 0.1) is 11.8 Å². The molecule has 4 rings (SSSR count). The van der Waals surface area contributed by atoms with Gasteiger partial charge in [0.1, 0.15) is 12.1 Å². The van der Waals surface area contributed by atoms with E-state index in [-0.39, 0.29) is 35.1 Å². The molecule has 0 aromatic heterocycles. The molecular weight excluding hydrogens is 462 g/mol. The number of benzene rings is 2.